The average Bonchev–Trinajstić information content (AvgIpc) is 2.71. The van der Waals surface area contributed by atoms with Gasteiger partial charge >= 0.3 is 5.97 Å². The lowest BCUT2D eigenvalue weighted by Crippen LogP contribution is -2.46. The Morgan fingerprint density at radius 3 is 2.30 bits per heavy atom. The van der Waals surface area contributed by atoms with E-state index in [1.54, 1.807) is 19.3 Å². The number of anilines is 1. The number of carbonyl (C=O) groups is 1. The molecule has 0 N–H and O–H groups in total. The van der Waals surface area contributed by atoms with E-state index in [2.05, 4.69) is 13.2 Å². The summed E-state index contributed by atoms with van der Waals surface area (Å²) in [5.41, 5.74) is 1.89. The van der Waals surface area contributed by atoms with Crippen LogP contribution in [0.15, 0.2) is 79.9 Å². The minimum absolute atomic E-state index is 0.229. The molecule has 0 aliphatic rings. The fourth-order valence-corrected chi connectivity index (χ4v) is 3.11. The highest BCUT2D eigenvalue weighted by Gasteiger charge is 2.34. The molecule has 0 fully saturated rings. The molecule has 0 amide bonds. The lowest BCUT2D eigenvalue weighted by Gasteiger charge is -2.35. The Morgan fingerprint density at radius 1 is 1.11 bits per heavy atom. The first-order valence-electron chi connectivity index (χ1n) is 9.02. The highest BCUT2D eigenvalue weighted by molar-refractivity contribution is 5.82. The van der Waals surface area contributed by atoms with Gasteiger partial charge in [0.15, 0.2) is 0 Å². The maximum Gasteiger partial charge on any atom is 0.329 e. The second-order valence-corrected chi connectivity index (χ2v) is 6.01. The molecule has 0 unspecified atom stereocenters. The predicted molar refractivity (Wildman–Crippen MR) is 110 cm³/mol. The Morgan fingerprint density at radius 2 is 1.78 bits per heavy atom. The van der Waals surface area contributed by atoms with Gasteiger partial charge in [0.25, 0.3) is 0 Å². The van der Waals surface area contributed by atoms with Crippen LogP contribution in [0.5, 0.6) is 5.75 Å². The van der Waals surface area contributed by atoms with Crippen molar-refractivity contribution in [3.05, 3.63) is 85.5 Å². The zero-order valence-corrected chi connectivity index (χ0v) is 16.0. The number of hydrogen-bond donors (Lipinski definition) is 0. The second kappa shape index (κ2) is 10.2. The van der Waals surface area contributed by atoms with Gasteiger partial charge in [-0.05, 0) is 36.8 Å². The highest BCUT2D eigenvalue weighted by Crippen LogP contribution is 2.30. The molecule has 2 aromatic carbocycles. The van der Waals surface area contributed by atoms with E-state index in [1.165, 1.54) is 0 Å². The van der Waals surface area contributed by atoms with Crippen LogP contribution in [0.3, 0.4) is 0 Å². The number of ether oxygens (including phenoxy) is 2. The quantitative estimate of drug-likeness (QED) is 0.456. The van der Waals surface area contributed by atoms with E-state index in [1.807, 2.05) is 66.4 Å². The summed E-state index contributed by atoms with van der Waals surface area (Å²) >= 11 is 0. The molecule has 2 atom stereocenters. The molecule has 0 aliphatic carbocycles. The lowest BCUT2D eigenvalue weighted by atomic mass is 9.90. The van der Waals surface area contributed by atoms with Crippen LogP contribution < -0.4 is 9.64 Å². The second-order valence-electron chi connectivity index (χ2n) is 6.01. The fourth-order valence-electron chi connectivity index (χ4n) is 3.11. The van der Waals surface area contributed by atoms with Gasteiger partial charge in [-0.3, -0.25) is 0 Å². The predicted octanol–water partition coefficient (Wildman–Crippen LogP) is 4.59. The number of hydrogen-bond acceptors (Lipinski definition) is 4. The van der Waals surface area contributed by atoms with Crippen LogP contribution in [0, 0.1) is 0 Å². The third kappa shape index (κ3) is 5.00. The van der Waals surface area contributed by atoms with E-state index in [-0.39, 0.29) is 11.9 Å². The van der Waals surface area contributed by atoms with Crippen molar-refractivity contribution >= 4 is 11.7 Å². The van der Waals surface area contributed by atoms with Crippen LogP contribution >= 0.6 is 0 Å². The monoisotopic (exact) mass is 365 g/mol. The zero-order chi connectivity index (χ0) is 19.6. The summed E-state index contributed by atoms with van der Waals surface area (Å²) in [5, 5.41) is 0. The molecule has 142 valence electrons. The van der Waals surface area contributed by atoms with Gasteiger partial charge in [-0.25, -0.2) is 4.79 Å². The van der Waals surface area contributed by atoms with Gasteiger partial charge in [0.2, 0.25) is 0 Å². The van der Waals surface area contributed by atoms with E-state index in [9.17, 15) is 4.79 Å². The largest absolute Gasteiger partial charge is 0.497 e. The van der Waals surface area contributed by atoms with Gasteiger partial charge in [0.05, 0.1) is 13.7 Å². The summed E-state index contributed by atoms with van der Waals surface area (Å²) in [7, 11) is 1.63. The lowest BCUT2D eigenvalue weighted by molar-refractivity contribution is -0.145. The van der Waals surface area contributed by atoms with E-state index in [0.29, 0.717) is 13.2 Å². The summed E-state index contributed by atoms with van der Waals surface area (Å²) < 4.78 is 10.7. The van der Waals surface area contributed by atoms with Crippen molar-refractivity contribution in [2.24, 2.45) is 0 Å². The molecule has 27 heavy (non-hydrogen) atoms. The van der Waals surface area contributed by atoms with Gasteiger partial charge in [-0.1, -0.05) is 42.5 Å². The molecule has 0 saturated heterocycles. The van der Waals surface area contributed by atoms with Crippen LogP contribution in [0.1, 0.15) is 18.4 Å². The molecule has 2 aromatic rings. The van der Waals surface area contributed by atoms with Crippen molar-refractivity contribution in [3.63, 3.8) is 0 Å². The van der Waals surface area contributed by atoms with Gasteiger partial charge < -0.3 is 14.4 Å². The van der Waals surface area contributed by atoms with Crippen LogP contribution in [0.25, 0.3) is 0 Å². The zero-order valence-electron chi connectivity index (χ0n) is 16.0. The van der Waals surface area contributed by atoms with Gasteiger partial charge in [-0.2, -0.15) is 0 Å². The number of carbonyl (C=O) groups excluding carboxylic acids is 1. The first kappa shape index (κ1) is 20.3. The van der Waals surface area contributed by atoms with Crippen molar-refractivity contribution in [2.75, 3.05) is 25.2 Å². The number of benzene rings is 2. The van der Waals surface area contributed by atoms with Crippen LogP contribution in [0.4, 0.5) is 5.69 Å². The molecule has 0 radical (unpaired) electrons. The first-order valence-corrected chi connectivity index (χ1v) is 9.02. The van der Waals surface area contributed by atoms with E-state index in [0.717, 1.165) is 17.0 Å². The van der Waals surface area contributed by atoms with Crippen molar-refractivity contribution in [1.82, 2.24) is 0 Å². The van der Waals surface area contributed by atoms with Crippen LogP contribution in [0.2, 0.25) is 0 Å². The number of methoxy groups -OCH3 is 1. The average molecular weight is 365 g/mol. The summed E-state index contributed by atoms with van der Waals surface area (Å²) in [6.45, 7) is 10.5. The Kier molecular flexibility index (Phi) is 7.68. The minimum Gasteiger partial charge on any atom is -0.497 e. The normalized spacial score (nSPS) is 12.5. The Hall–Kier alpha value is -3.01. The summed E-state index contributed by atoms with van der Waals surface area (Å²) in [6, 6.07) is 16.9. The molecule has 2 rings (SSSR count). The Bertz CT molecular complexity index is 740. The van der Waals surface area contributed by atoms with Crippen molar-refractivity contribution in [2.45, 2.75) is 18.9 Å². The number of esters is 1. The van der Waals surface area contributed by atoms with Crippen molar-refractivity contribution in [1.29, 1.82) is 0 Å². The van der Waals surface area contributed by atoms with Gasteiger partial charge in [-0.15, -0.1) is 13.2 Å². The Labute approximate surface area is 161 Å². The third-order valence-corrected chi connectivity index (χ3v) is 4.37. The molecule has 0 saturated carbocycles. The molecule has 0 bridgehead atoms. The molecular weight excluding hydrogens is 338 g/mol. The van der Waals surface area contributed by atoms with Gasteiger partial charge in [0.1, 0.15) is 11.8 Å². The van der Waals surface area contributed by atoms with Crippen LogP contribution in [-0.4, -0.2) is 32.3 Å². The smallest absolute Gasteiger partial charge is 0.329 e. The standard InChI is InChI=1S/C23H27NO3/c1-5-17-24(19-13-15-20(26-4)16-14-19)22(23(25)27-7-3)21(6-2)18-11-9-8-10-12-18/h5-6,8-16,21-22H,1-2,7,17H2,3-4H3/t21-,22-/m1/s1. The van der Waals surface area contributed by atoms with E-state index < -0.39 is 6.04 Å². The third-order valence-electron chi connectivity index (χ3n) is 4.37. The van der Waals surface area contributed by atoms with Crippen molar-refractivity contribution < 1.29 is 14.3 Å². The number of rotatable bonds is 10. The molecule has 0 aromatic heterocycles. The van der Waals surface area contributed by atoms with Crippen LogP contribution in [-0.2, 0) is 9.53 Å². The highest BCUT2D eigenvalue weighted by atomic mass is 16.5. The van der Waals surface area contributed by atoms with E-state index in [4.69, 9.17) is 9.47 Å². The molecule has 0 aliphatic heterocycles. The maximum absolute atomic E-state index is 13.0. The summed E-state index contributed by atoms with van der Waals surface area (Å²) in [4.78, 5) is 14.9. The SMILES string of the molecule is C=CCN(c1ccc(OC)cc1)[C@@H](C(=O)OCC)[C@H](C=C)c1ccccc1. The Balaban J connectivity index is 2.51. The van der Waals surface area contributed by atoms with Gasteiger partial charge in [0, 0.05) is 18.2 Å². The molecule has 0 heterocycles. The summed E-state index contributed by atoms with van der Waals surface area (Å²) in [5.74, 6) is 0.240. The van der Waals surface area contributed by atoms with E-state index >= 15 is 0 Å². The molecule has 0 spiro atoms. The maximum atomic E-state index is 13.0. The molecular formula is C23H27NO3. The fraction of sp³-hybridized carbons (Fsp3) is 0.261. The number of nitrogens with zero attached hydrogens (tertiary/aromatic N) is 1. The first-order chi connectivity index (χ1) is 13.2. The molecule has 4 nitrogen and oxygen atoms in total. The minimum atomic E-state index is -0.559. The summed E-state index contributed by atoms with van der Waals surface area (Å²) in [6.07, 6.45) is 3.58. The van der Waals surface area contributed by atoms with Crippen molar-refractivity contribution in [3.8, 4) is 5.75 Å². The molecule has 4 heteroatoms. The topological polar surface area (TPSA) is 38.8 Å².